The number of nitrogens with one attached hydrogen (secondary N) is 1. The van der Waals surface area contributed by atoms with Crippen LogP contribution in [0.25, 0.3) is 0 Å². The number of benzene rings is 1. The molecule has 2 nitrogen and oxygen atoms in total. The van der Waals surface area contributed by atoms with Crippen molar-refractivity contribution in [2.24, 2.45) is 0 Å². The normalized spacial score (nSPS) is 12.4. The van der Waals surface area contributed by atoms with Crippen LogP contribution in [0.3, 0.4) is 0 Å². The van der Waals surface area contributed by atoms with E-state index >= 15 is 0 Å². The van der Waals surface area contributed by atoms with Gasteiger partial charge in [0.05, 0.1) is 17.9 Å². The highest BCUT2D eigenvalue weighted by Crippen LogP contribution is 2.22. The third kappa shape index (κ3) is 3.42. The molecular formula is C17H21FN2. The molecule has 1 heterocycles. The van der Waals surface area contributed by atoms with E-state index in [2.05, 4.69) is 49.3 Å². The molecule has 0 spiro atoms. The van der Waals surface area contributed by atoms with Crippen molar-refractivity contribution in [3.05, 3.63) is 64.7 Å². The number of aromatic nitrogens is 1. The van der Waals surface area contributed by atoms with Crippen molar-refractivity contribution in [1.29, 1.82) is 0 Å². The summed E-state index contributed by atoms with van der Waals surface area (Å²) in [5, 5.41) is 3.44. The summed E-state index contributed by atoms with van der Waals surface area (Å²) < 4.78 is 13.0. The molecule has 0 radical (unpaired) electrons. The SMILES string of the molecule is CCNC(Cc1c(C)cccc1C)c1ccc(F)cn1. The summed E-state index contributed by atoms with van der Waals surface area (Å²) in [6, 6.07) is 9.67. The smallest absolute Gasteiger partial charge is 0.141 e. The zero-order chi connectivity index (χ0) is 14.5. The molecule has 0 fully saturated rings. The van der Waals surface area contributed by atoms with Crippen molar-refractivity contribution in [2.45, 2.75) is 33.2 Å². The molecule has 0 amide bonds. The number of aryl methyl sites for hydroxylation is 2. The van der Waals surface area contributed by atoms with Crippen molar-refractivity contribution < 1.29 is 4.39 Å². The van der Waals surface area contributed by atoms with Gasteiger partial charge in [-0.15, -0.1) is 0 Å². The summed E-state index contributed by atoms with van der Waals surface area (Å²) in [5.74, 6) is -0.295. The molecule has 0 aliphatic heterocycles. The van der Waals surface area contributed by atoms with E-state index in [9.17, 15) is 4.39 Å². The summed E-state index contributed by atoms with van der Waals surface area (Å²) in [4.78, 5) is 4.22. The Labute approximate surface area is 120 Å². The molecule has 1 aromatic heterocycles. The van der Waals surface area contributed by atoms with Gasteiger partial charge in [0.25, 0.3) is 0 Å². The molecule has 2 aromatic rings. The van der Waals surface area contributed by atoms with Crippen LogP contribution in [0, 0.1) is 19.7 Å². The van der Waals surface area contributed by atoms with Gasteiger partial charge in [-0.1, -0.05) is 25.1 Å². The highest BCUT2D eigenvalue weighted by molar-refractivity contribution is 5.35. The van der Waals surface area contributed by atoms with Gasteiger partial charge in [0, 0.05) is 0 Å². The van der Waals surface area contributed by atoms with Gasteiger partial charge in [-0.05, 0) is 55.6 Å². The summed E-state index contributed by atoms with van der Waals surface area (Å²) in [7, 11) is 0. The molecule has 106 valence electrons. The van der Waals surface area contributed by atoms with Gasteiger partial charge in [-0.25, -0.2) is 4.39 Å². The fourth-order valence-electron chi connectivity index (χ4n) is 2.50. The van der Waals surface area contributed by atoms with Gasteiger partial charge in [-0.3, -0.25) is 4.98 Å². The molecule has 3 heteroatoms. The molecule has 0 aliphatic carbocycles. The minimum absolute atomic E-state index is 0.111. The first-order valence-corrected chi connectivity index (χ1v) is 7.01. The van der Waals surface area contributed by atoms with Crippen molar-refractivity contribution in [3.63, 3.8) is 0 Å². The molecule has 0 saturated carbocycles. The van der Waals surface area contributed by atoms with E-state index in [-0.39, 0.29) is 11.9 Å². The van der Waals surface area contributed by atoms with Gasteiger partial charge >= 0.3 is 0 Å². The minimum Gasteiger partial charge on any atom is -0.309 e. The van der Waals surface area contributed by atoms with Crippen LogP contribution in [0.2, 0.25) is 0 Å². The van der Waals surface area contributed by atoms with Crippen LogP contribution in [0.4, 0.5) is 4.39 Å². The first kappa shape index (κ1) is 14.7. The summed E-state index contributed by atoms with van der Waals surface area (Å²) in [6.45, 7) is 7.18. The van der Waals surface area contributed by atoms with E-state index in [4.69, 9.17) is 0 Å². The Bertz CT molecular complexity index is 543. The van der Waals surface area contributed by atoms with E-state index in [0.717, 1.165) is 18.7 Å². The Balaban J connectivity index is 2.28. The summed E-state index contributed by atoms with van der Waals surface area (Å²) >= 11 is 0. The number of halogens is 1. The summed E-state index contributed by atoms with van der Waals surface area (Å²) in [6.07, 6.45) is 2.15. The molecular weight excluding hydrogens is 251 g/mol. The second-order valence-corrected chi connectivity index (χ2v) is 5.09. The molecule has 0 aliphatic rings. The largest absolute Gasteiger partial charge is 0.309 e. The Morgan fingerprint density at radius 1 is 1.15 bits per heavy atom. The average molecular weight is 272 g/mol. The summed E-state index contributed by atoms with van der Waals surface area (Å²) in [5.41, 5.74) is 4.80. The second-order valence-electron chi connectivity index (χ2n) is 5.09. The molecule has 1 unspecified atom stereocenters. The Morgan fingerprint density at radius 2 is 1.85 bits per heavy atom. The van der Waals surface area contributed by atoms with Gasteiger partial charge in [0.1, 0.15) is 5.82 Å². The first-order chi connectivity index (χ1) is 9.61. The molecule has 1 atom stereocenters. The quantitative estimate of drug-likeness (QED) is 0.897. The highest BCUT2D eigenvalue weighted by Gasteiger charge is 2.15. The topological polar surface area (TPSA) is 24.9 Å². The van der Waals surface area contributed by atoms with Crippen LogP contribution in [0.5, 0.6) is 0 Å². The van der Waals surface area contributed by atoms with E-state index in [1.54, 1.807) is 6.07 Å². The lowest BCUT2D eigenvalue weighted by Crippen LogP contribution is -2.24. The predicted octanol–water partition coefficient (Wildman–Crippen LogP) is 3.73. The molecule has 0 bridgehead atoms. The van der Waals surface area contributed by atoms with E-state index in [1.165, 1.54) is 29.0 Å². The first-order valence-electron chi connectivity index (χ1n) is 7.01. The monoisotopic (exact) mass is 272 g/mol. The molecule has 1 N–H and O–H groups in total. The van der Waals surface area contributed by atoms with Crippen molar-refractivity contribution >= 4 is 0 Å². The zero-order valence-electron chi connectivity index (χ0n) is 12.3. The third-order valence-corrected chi connectivity index (χ3v) is 3.61. The Hall–Kier alpha value is -1.74. The minimum atomic E-state index is -0.295. The van der Waals surface area contributed by atoms with Crippen LogP contribution in [-0.4, -0.2) is 11.5 Å². The van der Waals surface area contributed by atoms with Gasteiger partial charge in [0.15, 0.2) is 0 Å². The zero-order valence-corrected chi connectivity index (χ0v) is 12.3. The van der Waals surface area contributed by atoms with Crippen molar-refractivity contribution in [2.75, 3.05) is 6.54 Å². The average Bonchev–Trinajstić information content (AvgIpc) is 2.43. The maximum atomic E-state index is 13.0. The van der Waals surface area contributed by atoms with Crippen LogP contribution in [0.15, 0.2) is 36.5 Å². The molecule has 2 rings (SSSR count). The van der Waals surface area contributed by atoms with Gasteiger partial charge in [0.2, 0.25) is 0 Å². The predicted molar refractivity (Wildman–Crippen MR) is 80.2 cm³/mol. The Kier molecular flexibility index (Phi) is 4.85. The fourth-order valence-corrected chi connectivity index (χ4v) is 2.50. The van der Waals surface area contributed by atoms with Crippen LogP contribution < -0.4 is 5.32 Å². The highest BCUT2D eigenvalue weighted by atomic mass is 19.1. The maximum Gasteiger partial charge on any atom is 0.141 e. The van der Waals surface area contributed by atoms with E-state index in [0.29, 0.717) is 0 Å². The second kappa shape index (κ2) is 6.62. The van der Waals surface area contributed by atoms with Gasteiger partial charge < -0.3 is 5.32 Å². The van der Waals surface area contributed by atoms with Crippen molar-refractivity contribution in [1.82, 2.24) is 10.3 Å². The molecule has 0 saturated heterocycles. The number of rotatable bonds is 5. The van der Waals surface area contributed by atoms with Crippen LogP contribution >= 0.6 is 0 Å². The number of likely N-dealkylation sites (N-methyl/N-ethyl adjacent to an activating group) is 1. The lowest BCUT2D eigenvalue weighted by molar-refractivity contribution is 0.530. The van der Waals surface area contributed by atoms with Gasteiger partial charge in [-0.2, -0.15) is 0 Å². The molecule has 1 aromatic carbocycles. The van der Waals surface area contributed by atoms with Crippen molar-refractivity contribution in [3.8, 4) is 0 Å². The van der Waals surface area contributed by atoms with Crippen LogP contribution in [0.1, 0.15) is 35.3 Å². The standard InChI is InChI=1S/C17H21FN2/c1-4-19-17(16-9-8-14(18)11-20-16)10-15-12(2)6-5-7-13(15)3/h5-9,11,17,19H,4,10H2,1-3H3. The Morgan fingerprint density at radius 3 is 2.40 bits per heavy atom. The lowest BCUT2D eigenvalue weighted by Gasteiger charge is -2.20. The van der Waals surface area contributed by atoms with E-state index < -0.39 is 0 Å². The lowest BCUT2D eigenvalue weighted by atomic mass is 9.95. The third-order valence-electron chi connectivity index (χ3n) is 3.61. The number of hydrogen-bond donors (Lipinski definition) is 1. The number of hydrogen-bond acceptors (Lipinski definition) is 2. The molecule has 20 heavy (non-hydrogen) atoms. The van der Waals surface area contributed by atoms with E-state index in [1.807, 2.05) is 0 Å². The number of pyridine rings is 1. The number of nitrogens with zero attached hydrogens (tertiary/aromatic N) is 1. The maximum absolute atomic E-state index is 13.0. The van der Waals surface area contributed by atoms with Crippen LogP contribution in [-0.2, 0) is 6.42 Å². The fraction of sp³-hybridized carbons (Fsp3) is 0.353.